The van der Waals surface area contributed by atoms with E-state index in [9.17, 15) is 9.18 Å². The van der Waals surface area contributed by atoms with E-state index in [0.717, 1.165) is 5.69 Å². The molecule has 0 heterocycles. The summed E-state index contributed by atoms with van der Waals surface area (Å²) >= 11 is 0. The first-order chi connectivity index (χ1) is 9.65. The van der Waals surface area contributed by atoms with Crippen molar-refractivity contribution < 1.29 is 13.9 Å². The van der Waals surface area contributed by atoms with Gasteiger partial charge in [-0.3, -0.25) is 4.79 Å². The van der Waals surface area contributed by atoms with E-state index in [2.05, 4.69) is 5.32 Å². The lowest BCUT2D eigenvalue weighted by molar-refractivity contribution is -0.119. The van der Waals surface area contributed by atoms with E-state index < -0.39 is 5.91 Å². The van der Waals surface area contributed by atoms with Crippen LogP contribution in [0.4, 0.5) is 10.1 Å². The Morgan fingerprint density at radius 2 is 1.85 bits per heavy atom. The van der Waals surface area contributed by atoms with Gasteiger partial charge in [-0.25, -0.2) is 4.39 Å². The average Bonchev–Trinajstić information content (AvgIpc) is 2.45. The number of nitrogens with one attached hydrogen (secondary N) is 1. The monoisotopic (exact) mass is 274 g/mol. The predicted octanol–water partition coefficient (Wildman–Crippen LogP) is 2.30. The van der Waals surface area contributed by atoms with E-state index in [1.807, 2.05) is 0 Å². The molecule has 0 saturated heterocycles. The summed E-state index contributed by atoms with van der Waals surface area (Å²) in [4.78, 5) is 10.6. The average molecular weight is 274 g/mol. The molecule has 0 aliphatic heterocycles. The van der Waals surface area contributed by atoms with Gasteiger partial charge < -0.3 is 15.8 Å². The number of benzene rings is 2. The molecule has 4 nitrogen and oxygen atoms in total. The minimum Gasteiger partial charge on any atom is -0.484 e. The molecule has 0 bridgehead atoms. The van der Waals surface area contributed by atoms with Crippen LogP contribution in [-0.4, -0.2) is 12.5 Å². The van der Waals surface area contributed by atoms with Gasteiger partial charge >= 0.3 is 0 Å². The van der Waals surface area contributed by atoms with Crippen LogP contribution in [0.25, 0.3) is 0 Å². The third-order valence-electron chi connectivity index (χ3n) is 2.68. The second-order valence-corrected chi connectivity index (χ2v) is 4.22. The maximum atomic E-state index is 13.4. The number of amides is 1. The lowest BCUT2D eigenvalue weighted by atomic mass is 10.2. The van der Waals surface area contributed by atoms with Gasteiger partial charge in [0.05, 0.1) is 0 Å². The van der Waals surface area contributed by atoms with Gasteiger partial charge in [0.25, 0.3) is 5.91 Å². The summed E-state index contributed by atoms with van der Waals surface area (Å²) in [6.07, 6.45) is 0. The SMILES string of the molecule is NC(=O)COc1ccc(NCc2ccccc2F)cc1. The summed E-state index contributed by atoms with van der Waals surface area (Å²) in [7, 11) is 0. The van der Waals surface area contributed by atoms with Crippen molar-refractivity contribution in [3.05, 3.63) is 59.9 Å². The second-order valence-electron chi connectivity index (χ2n) is 4.22. The van der Waals surface area contributed by atoms with Gasteiger partial charge in [-0.1, -0.05) is 18.2 Å². The normalized spacial score (nSPS) is 10.1. The quantitative estimate of drug-likeness (QED) is 0.849. The minimum atomic E-state index is -0.522. The summed E-state index contributed by atoms with van der Waals surface area (Å²) in [5, 5.41) is 3.11. The molecule has 20 heavy (non-hydrogen) atoms. The Hall–Kier alpha value is -2.56. The van der Waals surface area contributed by atoms with Crippen molar-refractivity contribution in [2.75, 3.05) is 11.9 Å². The Morgan fingerprint density at radius 3 is 2.50 bits per heavy atom. The summed E-state index contributed by atoms with van der Waals surface area (Å²) in [6, 6.07) is 13.6. The van der Waals surface area contributed by atoms with Crippen LogP contribution in [0.3, 0.4) is 0 Å². The molecule has 2 rings (SSSR count). The third-order valence-corrected chi connectivity index (χ3v) is 2.68. The highest BCUT2D eigenvalue weighted by atomic mass is 19.1. The highest BCUT2D eigenvalue weighted by molar-refractivity contribution is 5.75. The predicted molar refractivity (Wildman–Crippen MR) is 74.9 cm³/mol. The number of primary amides is 1. The number of nitrogens with two attached hydrogens (primary N) is 1. The lowest BCUT2D eigenvalue weighted by Crippen LogP contribution is -2.19. The van der Waals surface area contributed by atoms with Crippen LogP contribution in [0, 0.1) is 5.82 Å². The minimum absolute atomic E-state index is 0.151. The molecule has 0 atom stereocenters. The number of hydrogen-bond acceptors (Lipinski definition) is 3. The van der Waals surface area contributed by atoms with Crippen molar-refractivity contribution in [3.63, 3.8) is 0 Å². The Morgan fingerprint density at radius 1 is 1.15 bits per heavy atom. The van der Waals surface area contributed by atoms with Gasteiger partial charge in [0.2, 0.25) is 0 Å². The van der Waals surface area contributed by atoms with Gasteiger partial charge in [0.1, 0.15) is 11.6 Å². The van der Waals surface area contributed by atoms with Crippen molar-refractivity contribution in [2.45, 2.75) is 6.54 Å². The van der Waals surface area contributed by atoms with Crippen LogP contribution in [0.15, 0.2) is 48.5 Å². The standard InChI is InChI=1S/C15H15FN2O2/c16-14-4-2-1-3-11(14)9-18-12-5-7-13(8-6-12)20-10-15(17)19/h1-8,18H,9-10H2,(H2,17,19). The maximum absolute atomic E-state index is 13.4. The number of anilines is 1. The van der Waals surface area contributed by atoms with Crippen molar-refractivity contribution in [1.29, 1.82) is 0 Å². The second kappa shape index (κ2) is 6.56. The molecule has 0 aliphatic carbocycles. The number of ether oxygens (including phenoxy) is 1. The first-order valence-electron chi connectivity index (χ1n) is 6.13. The maximum Gasteiger partial charge on any atom is 0.255 e. The van der Waals surface area contributed by atoms with E-state index in [4.69, 9.17) is 10.5 Å². The van der Waals surface area contributed by atoms with Crippen LogP contribution in [0.2, 0.25) is 0 Å². The van der Waals surface area contributed by atoms with Crippen molar-refractivity contribution in [1.82, 2.24) is 0 Å². The van der Waals surface area contributed by atoms with Crippen LogP contribution in [0.1, 0.15) is 5.56 Å². The zero-order valence-corrected chi connectivity index (χ0v) is 10.8. The zero-order chi connectivity index (χ0) is 14.4. The van der Waals surface area contributed by atoms with Crippen molar-refractivity contribution in [2.24, 2.45) is 5.73 Å². The van der Waals surface area contributed by atoms with Gasteiger partial charge in [-0.15, -0.1) is 0 Å². The highest BCUT2D eigenvalue weighted by Gasteiger charge is 2.01. The molecule has 0 unspecified atom stereocenters. The van der Waals surface area contributed by atoms with Gasteiger partial charge in [-0.05, 0) is 30.3 Å². The first-order valence-corrected chi connectivity index (χ1v) is 6.13. The molecule has 3 N–H and O–H groups in total. The van der Waals surface area contributed by atoms with Crippen LogP contribution >= 0.6 is 0 Å². The molecular weight excluding hydrogens is 259 g/mol. The summed E-state index contributed by atoms with van der Waals surface area (Å²) in [5.41, 5.74) is 6.42. The molecule has 104 valence electrons. The highest BCUT2D eigenvalue weighted by Crippen LogP contribution is 2.17. The molecule has 1 amide bonds. The fourth-order valence-electron chi connectivity index (χ4n) is 1.66. The Bertz CT molecular complexity index is 585. The Balaban J connectivity index is 1.91. The molecule has 0 saturated carbocycles. The summed E-state index contributed by atoms with van der Waals surface area (Å²) in [6.45, 7) is 0.246. The molecule has 2 aromatic rings. The number of halogens is 1. The zero-order valence-electron chi connectivity index (χ0n) is 10.8. The fourth-order valence-corrected chi connectivity index (χ4v) is 1.66. The third kappa shape index (κ3) is 3.98. The van der Waals surface area contributed by atoms with Crippen LogP contribution < -0.4 is 15.8 Å². The number of rotatable bonds is 6. The smallest absolute Gasteiger partial charge is 0.255 e. The molecule has 0 fully saturated rings. The first kappa shape index (κ1) is 13.9. The number of carbonyl (C=O) groups excluding carboxylic acids is 1. The van der Waals surface area contributed by atoms with E-state index in [-0.39, 0.29) is 12.4 Å². The Labute approximate surface area is 116 Å². The summed E-state index contributed by atoms with van der Waals surface area (Å²) in [5.74, 6) is -0.201. The lowest BCUT2D eigenvalue weighted by Gasteiger charge is -2.08. The number of hydrogen-bond donors (Lipinski definition) is 2. The van der Waals surface area contributed by atoms with Crippen molar-refractivity contribution >= 4 is 11.6 Å². The molecule has 5 heteroatoms. The van der Waals surface area contributed by atoms with Gasteiger partial charge in [0.15, 0.2) is 6.61 Å². The van der Waals surface area contributed by atoms with E-state index in [0.29, 0.717) is 17.9 Å². The molecule has 0 spiro atoms. The number of carbonyl (C=O) groups is 1. The molecule has 2 aromatic carbocycles. The Kier molecular flexibility index (Phi) is 4.55. The van der Waals surface area contributed by atoms with Gasteiger partial charge in [0, 0.05) is 17.8 Å². The van der Waals surface area contributed by atoms with E-state index in [1.54, 1.807) is 42.5 Å². The van der Waals surface area contributed by atoms with E-state index in [1.165, 1.54) is 6.07 Å². The van der Waals surface area contributed by atoms with Crippen molar-refractivity contribution in [3.8, 4) is 5.75 Å². The van der Waals surface area contributed by atoms with E-state index >= 15 is 0 Å². The largest absolute Gasteiger partial charge is 0.484 e. The summed E-state index contributed by atoms with van der Waals surface area (Å²) < 4.78 is 18.6. The molecule has 0 radical (unpaired) electrons. The van der Waals surface area contributed by atoms with Crippen LogP contribution in [0.5, 0.6) is 5.75 Å². The van der Waals surface area contributed by atoms with Crippen LogP contribution in [-0.2, 0) is 11.3 Å². The molecular formula is C15H15FN2O2. The van der Waals surface area contributed by atoms with Gasteiger partial charge in [-0.2, -0.15) is 0 Å². The molecule has 0 aliphatic rings. The topological polar surface area (TPSA) is 64.4 Å². The molecule has 0 aromatic heterocycles. The fraction of sp³-hybridized carbons (Fsp3) is 0.133.